The second-order valence-electron chi connectivity index (χ2n) is 9.68. The van der Waals surface area contributed by atoms with E-state index in [1.807, 2.05) is 52.0 Å². The van der Waals surface area contributed by atoms with Crippen LogP contribution in [0.2, 0.25) is 0 Å². The smallest absolute Gasteiger partial charge is 0.262 e. The van der Waals surface area contributed by atoms with Gasteiger partial charge in [-0.2, -0.15) is 0 Å². The fourth-order valence-corrected chi connectivity index (χ4v) is 4.45. The van der Waals surface area contributed by atoms with Crippen molar-refractivity contribution in [3.05, 3.63) is 70.3 Å². The summed E-state index contributed by atoms with van der Waals surface area (Å²) in [5.74, 6) is -0.932. The Bertz CT molecular complexity index is 1150. The van der Waals surface area contributed by atoms with Crippen molar-refractivity contribution in [2.24, 2.45) is 0 Å². The minimum atomic E-state index is -0.643. The molecule has 0 bridgehead atoms. The van der Waals surface area contributed by atoms with E-state index in [2.05, 4.69) is 0 Å². The summed E-state index contributed by atoms with van der Waals surface area (Å²) in [6.45, 7) is 9.33. The predicted octanol–water partition coefficient (Wildman–Crippen LogP) is 3.38. The minimum absolute atomic E-state index is 0.0306. The van der Waals surface area contributed by atoms with Crippen LogP contribution in [0.25, 0.3) is 0 Å². The molecule has 2 aliphatic rings. The van der Waals surface area contributed by atoms with Crippen LogP contribution in [0.4, 0.5) is 0 Å². The second-order valence-corrected chi connectivity index (χ2v) is 9.68. The van der Waals surface area contributed by atoms with Crippen LogP contribution in [0.1, 0.15) is 74.2 Å². The highest BCUT2D eigenvalue weighted by molar-refractivity contribution is 6.22. The highest BCUT2D eigenvalue weighted by Crippen LogP contribution is 2.30. The van der Waals surface area contributed by atoms with E-state index in [1.54, 1.807) is 21.9 Å². The summed E-state index contributed by atoms with van der Waals surface area (Å²) in [5, 5.41) is 0. The van der Waals surface area contributed by atoms with Gasteiger partial charge in [-0.3, -0.25) is 24.1 Å². The van der Waals surface area contributed by atoms with Gasteiger partial charge in [0.25, 0.3) is 23.6 Å². The number of benzene rings is 2. The molecule has 0 N–H and O–H groups in total. The molecule has 2 aromatic carbocycles. The highest BCUT2D eigenvalue weighted by atomic mass is 16.2. The minimum Gasteiger partial charge on any atom is -0.337 e. The number of carbonyl (C=O) groups is 4. The topological polar surface area (TPSA) is 78.0 Å². The summed E-state index contributed by atoms with van der Waals surface area (Å²) in [5.41, 5.74) is 2.02. The van der Waals surface area contributed by atoms with Gasteiger partial charge in [-0.15, -0.1) is 0 Å². The lowest BCUT2D eigenvalue weighted by Gasteiger charge is -2.29. The van der Waals surface area contributed by atoms with E-state index in [-0.39, 0.29) is 29.2 Å². The first-order valence-electron chi connectivity index (χ1n) is 11.3. The van der Waals surface area contributed by atoms with Crippen LogP contribution in [0.3, 0.4) is 0 Å². The number of nitrogens with zero attached hydrogens (tertiary/aromatic N) is 3. The first kappa shape index (κ1) is 22.7. The van der Waals surface area contributed by atoms with Crippen molar-refractivity contribution in [3.63, 3.8) is 0 Å². The van der Waals surface area contributed by atoms with E-state index < -0.39 is 5.54 Å². The van der Waals surface area contributed by atoms with Crippen molar-refractivity contribution in [1.29, 1.82) is 0 Å². The molecule has 1 saturated heterocycles. The third-order valence-electron chi connectivity index (χ3n) is 6.14. The fraction of sp³-hybridized carbons (Fsp3) is 0.385. The van der Waals surface area contributed by atoms with E-state index in [0.717, 1.165) is 5.56 Å². The quantitative estimate of drug-likeness (QED) is 0.662. The Kier molecular flexibility index (Phi) is 5.82. The van der Waals surface area contributed by atoms with Crippen LogP contribution in [0.15, 0.2) is 42.5 Å². The molecule has 2 aromatic rings. The summed E-state index contributed by atoms with van der Waals surface area (Å²) in [6, 6.07) is 12.2. The molecule has 7 heteroatoms. The molecule has 0 unspecified atom stereocenters. The zero-order valence-corrected chi connectivity index (χ0v) is 19.6. The second kappa shape index (κ2) is 8.46. The van der Waals surface area contributed by atoms with Crippen molar-refractivity contribution in [2.75, 3.05) is 26.2 Å². The number of rotatable bonds is 2. The normalized spacial score (nSPS) is 16.7. The van der Waals surface area contributed by atoms with Gasteiger partial charge in [-0.05, 0) is 64.4 Å². The lowest BCUT2D eigenvalue weighted by molar-refractivity contribution is 0.0507. The molecule has 172 valence electrons. The van der Waals surface area contributed by atoms with E-state index >= 15 is 0 Å². The molecule has 4 amide bonds. The predicted molar refractivity (Wildman–Crippen MR) is 124 cm³/mol. The van der Waals surface area contributed by atoms with Crippen LogP contribution >= 0.6 is 0 Å². The maximum absolute atomic E-state index is 13.2. The Hall–Kier alpha value is -3.48. The number of aryl methyl sites for hydroxylation is 1. The number of amides is 4. The van der Waals surface area contributed by atoms with E-state index in [9.17, 15) is 19.2 Å². The zero-order chi connectivity index (χ0) is 23.9. The van der Waals surface area contributed by atoms with E-state index in [4.69, 9.17) is 0 Å². The van der Waals surface area contributed by atoms with Crippen LogP contribution in [0, 0.1) is 6.92 Å². The van der Waals surface area contributed by atoms with Gasteiger partial charge in [0.1, 0.15) is 0 Å². The molecule has 7 nitrogen and oxygen atoms in total. The molecular formula is C26H29N3O4. The molecule has 0 aliphatic carbocycles. The molecule has 33 heavy (non-hydrogen) atoms. The van der Waals surface area contributed by atoms with Crippen LogP contribution in [-0.4, -0.2) is 70.0 Å². The van der Waals surface area contributed by atoms with Gasteiger partial charge in [0.2, 0.25) is 0 Å². The Morgan fingerprint density at radius 1 is 0.758 bits per heavy atom. The van der Waals surface area contributed by atoms with Gasteiger partial charge in [-0.1, -0.05) is 17.7 Å². The van der Waals surface area contributed by atoms with Crippen LogP contribution < -0.4 is 0 Å². The van der Waals surface area contributed by atoms with Crippen molar-refractivity contribution < 1.29 is 19.2 Å². The molecule has 0 saturated carbocycles. The van der Waals surface area contributed by atoms with Gasteiger partial charge in [-0.25, -0.2) is 0 Å². The monoisotopic (exact) mass is 447 g/mol. The lowest BCUT2D eigenvalue weighted by Crippen LogP contribution is -2.45. The van der Waals surface area contributed by atoms with Crippen LogP contribution in [0.5, 0.6) is 0 Å². The average Bonchev–Trinajstić information content (AvgIpc) is 2.92. The number of imide groups is 1. The number of hydrogen-bond acceptors (Lipinski definition) is 4. The zero-order valence-electron chi connectivity index (χ0n) is 19.6. The molecule has 0 atom stereocenters. The summed E-state index contributed by atoms with van der Waals surface area (Å²) in [6.07, 6.45) is 0.670. The lowest BCUT2D eigenvalue weighted by atomic mass is 10.0. The maximum Gasteiger partial charge on any atom is 0.262 e. The van der Waals surface area contributed by atoms with E-state index in [1.165, 1.54) is 11.0 Å². The van der Waals surface area contributed by atoms with Crippen molar-refractivity contribution in [2.45, 2.75) is 39.7 Å². The third-order valence-corrected chi connectivity index (χ3v) is 6.14. The fourth-order valence-electron chi connectivity index (χ4n) is 4.45. The van der Waals surface area contributed by atoms with E-state index in [0.29, 0.717) is 49.3 Å². The molecule has 1 fully saturated rings. The Labute approximate surface area is 194 Å². The molecular weight excluding hydrogens is 418 g/mol. The van der Waals surface area contributed by atoms with Gasteiger partial charge in [0.15, 0.2) is 0 Å². The Balaban J connectivity index is 1.49. The molecule has 2 aliphatic heterocycles. The van der Waals surface area contributed by atoms with Gasteiger partial charge in [0, 0.05) is 42.8 Å². The largest absolute Gasteiger partial charge is 0.337 e. The molecule has 4 rings (SSSR count). The number of carbonyl (C=O) groups excluding carboxylic acids is 4. The summed E-state index contributed by atoms with van der Waals surface area (Å²) >= 11 is 0. The summed E-state index contributed by atoms with van der Waals surface area (Å²) < 4.78 is 0. The number of hydrogen-bond donors (Lipinski definition) is 0. The first-order valence-corrected chi connectivity index (χ1v) is 11.3. The summed E-state index contributed by atoms with van der Waals surface area (Å²) in [7, 11) is 0. The number of fused-ring (bicyclic) bond motifs is 1. The van der Waals surface area contributed by atoms with Crippen molar-refractivity contribution in [1.82, 2.24) is 14.7 Å². The third kappa shape index (κ3) is 4.27. The highest BCUT2D eigenvalue weighted by Gasteiger charge is 2.42. The first-order chi connectivity index (χ1) is 15.6. The SMILES string of the molecule is Cc1cccc(C(=O)N2CCCN(C(=O)c3ccc4c(c3)C(=O)N(C(C)(C)C)C4=O)CC2)c1. The Morgan fingerprint density at radius 2 is 1.33 bits per heavy atom. The molecule has 0 spiro atoms. The van der Waals surface area contributed by atoms with Gasteiger partial charge in [0.05, 0.1) is 11.1 Å². The van der Waals surface area contributed by atoms with Crippen LogP contribution in [-0.2, 0) is 0 Å². The molecule has 0 aromatic heterocycles. The average molecular weight is 448 g/mol. The summed E-state index contributed by atoms with van der Waals surface area (Å²) in [4.78, 5) is 56.4. The Morgan fingerprint density at radius 3 is 1.91 bits per heavy atom. The maximum atomic E-state index is 13.2. The van der Waals surface area contributed by atoms with Gasteiger partial charge < -0.3 is 9.80 Å². The molecule has 2 heterocycles. The van der Waals surface area contributed by atoms with Gasteiger partial charge >= 0.3 is 0 Å². The van der Waals surface area contributed by atoms with Crippen molar-refractivity contribution in [3.8, 4) is 0 Å². The van der Waals surface area contributed by atoms with Crippen molar-refractivity contribution >= 4 is 23.6 Å². The molecule has 0 radical (unpaired) electrons. The standard InChI is InChI=1S/C26H29N3O4/c1-17-7-5-8-18(15-17)22(30)27-11-6-12-28(14-13-27)23(31)19-9-10-20-21(16-19)25(33)29(24(20)32)26(2,3)4/h5,7-10,15-16H,6,11-14H2,1-4H3.